The predicted molar refractivity (Wildman–Crippen MR) is 77.6 cm³/mol. The van der Waals surface area contributed by atoms with Crippen molar-refractivity contribution in [3.05, 3.63) is 59.9 Å². The van der Waals surface area contributed by atoms with Gasteiger partial charge in [-0.05, 0) is 18.2 Å². The Labute approximate surface area is 118 Å². The smallest absolute Gasteiger partial charge is 0.129 e. The highest BCUT2D eigenvalue weighted by Gasteiger charge is 2.15. The molecule has 2 aromatic carbocycles. The Morgan fingerprint density at radius 1 is 1.20 bits per heavy atom. The molecule has 0 bridgehead atoms. The number of halogens is 1. The highest BCUT2D eigenvalue weighted by molar-refractivity contribution is 5.50. The van der Waals surface area contributed by atoms with Gasteiger partial charge in [-0.1, -0.05) is 24.3 Å². The summed E-state index contributed by atoms with van der Waals surface area (Å²) < 4.78 is 18.8. The van der Waals surface area contributed by atoms with E-state index in [1.807, 2.05) is 36.2 Å². The zero-order valence-electron chi connectivity index (χ0n) is 11.6. The summed E-state index contributed by atoms with van der Waals surface area (Å²) in [7, 11) is 3.45. The van der Waals surface area contributed by atoms with Crippen LogP contribution >= 0.6 is 0 Å². The highest BCUT2D eigenvalue weighted by Crippen LogP contribution is 2.23. The van der Waals surface area contributed by atoms with Crippen molar-refractivity contribution >= 4 is 5.69 Å². The van der Waals surface area contributed by atoms with Crippen LogP contribution in [0.25, 0.3) is 0 Å². The molecular formula is C16H18FNO2. The molecule has 0 heterocycles. The number of hydrogen-bond donors (Lipinski definition) is 1. The molecule has 4 heteroatoms. The van der Waals surface area contributed by atoms with Gasteiger partial charge in [-0.25, -0.2) is 4.39 Å². The quantitative estimate of drug-likeness (QED) is 0.910. The van der Waals surface area contributed by atoms with Crippen LogP contribution < -0.4 is 9.64 Å². The number of methoxy groups -OCH3 is 1. The Balaban J connectivity index is 2.11. The average Bonchev–Trinajstić information content (AvgIpc) is 2.47. The Hall–Kier alpha value is -2.07. The third kappa shape index (κ3) is 3.27. The number of benzene rings is 2. The number of nitrogens with zero attached hydrogens (tertiary/aromatic N) is 1. The van der Waals surface area contributed by atoms with Gasteiger partial charge in [0.15, 0.2) is 0 Å². The van der Waals surface area contributed by atoms with Crippen LogP contribution in [-0.4, -0.2) is 25.8 Å². The summed E-state index contributed by atoms with van der Waals surface area (Å²) in [6.45, 7) is 0.300. The lowest BCUT2D eigenvalue weighted by molar-refractivity contribution is 0.180. The van der Waals surface area contributed by atoms with Crippen molar-refractivity contribution in [3.63, 3.8) is 0 Å². The third-order valence-corrected chi connectivity index (χ3v) is 3.21. The largest absolute Gasteiger partial charge is 0.497 e. The summed E-state index contributed by atoms with van der Waals surface area (Å²) >= 11 is 0. The van der Waals surface area contributed by atoms with Crippen LogP contribution in [-0.2, 0) is 0 Å². The van der Waals surface area contributed by atoms with E-state index in [0.29, 0.717) is 12.1 Å². The van der Waals surface area contributed by atoms with E-state index in [-0.39, 0.29) is 5.82 Å². The van der Waals surface area contributed by atoms with Crippen molar-refractivity contribution < 1.29 is 14.2 Å². The molecular weight excluding hydrogens is 257 g/mol. The molecule has 0 aromatic heterocycles. The van der Waals surface area contributed by atoms with Gasteiger partial charge in [0.25, 0.3) is 0 Å². The molecule has 2 aromatic rings. The number of anilines is 1. The minimum Gasteiger partial charge on any atom is -0.497 e. The van der Waals surface area contributed by atoms with Gasteiger partial charge in [0.05, 0.1) is 13.2 Å². The molecule has 3 nitrogen and oxygen atoms in total. The summed E-state index contributed by atoms with van der Waals surface area (Å²) in [6.07, 6.45) is -0.882. The van der Waals surface area contributed by atoms with Gasteiger partial charge in [0, 0.05) is 30.9 Å². The predicted octanol–water partition coefficient (Wildman–Crippen LogP) is 3.00. The Bertz CT molecular complexity index is 574. The van der Waals surface area contributed by atoms with E-state index in [0.717, 1.165) is 11.4 Å². The average molecular weight is 275 g/mol. The van der Waals surface area contributed by atoms with Gasteiger partial charge < -0.3 is 14.7 Å². The second kappa shape index (κ2) is 6.39. The molecule has 0 spiro atoms. The highest BCUT2D eigenvalue weighted by atomic mass is 19.1. The molecule has 0 saturated heterocycles. The second-order valence-corrected chi connectivity index (χ2v) is 4.62. The maximum atomic E-state index is 13.6. The molecule has 20 heavy (non-hydrogen) atoms. The number of hydrogen-bond acceptors (Lipinski definition) is 3. The van der Waals surface area contributed by atoms with E-state index in [4.69, 9.17) is 4.74 Å². The van der Waals surface area contributed by atoms with Crippen molar-refractivity contribution in [1.29, 1.82) is 0 Å². The Kier molecular flexibility index (Phi) is 4.58. The normalized spacial score (nSPS) is 12.0. The Morgan fingerprint density at radius 2 is 1.95 bits per heavy atom. The van der Waals surface area contributed by atoms with Crippen LogP contribution in [0.2, 0.25) is 0 Å². The molecule has 0 saturated carbocycles. The van der Waals surface area contributed by atoms with Crippen molar-refractivity contribution in [2.45, 2.75) is 6.10 Å². The summed E-state index contributed by atoms with van der Waals surface area (Å²) in [6, 6.07) is 13.8. The van der Waals surface area contributed by atoms with Crippen molar-refractivity contribution in [1.82, 2.24) is 0 Å². The summed E-state index contributed by atoms with van der Waals surface area (Å²) in [5, 5.41) is 10.1. The van der Waals surface area contributed by atoms with Crippen LogP contribution in [0.5, 0.6) is 5.75 Å². The number of rotatable bonds is 5. The minimum absolute atomic E-state index is 0.300. The fourth-order valence-corrected chi connectivity index (χ4v) is 2.06. The van der Waals surface area contributed by atoms with Gasteiger partial charge in [-0.3, -0.25) is 0 Å². The van der Waals surface area contributed by atoms with Gasteiger partial charge in [-0.2, -0.15) is 0 Å². The molecule has 0 aliphatic carbocycles. The van der Waals surface area contributed by atoms with Crippen LogP contribution in [0.15, 0.2) is 48.5 Å². The van der Waals surface area contributed by atoms with Gasteiger partial charge in [0.1, 0.15) is 11.6 Å². The van der Waals surface area contributed by atoms with E-state index >= 15 is 0 Å². The van der Waals surface area contributed by atoms with Crippen LogP contribution in [0.4, 0.5) is 10.1 Å². The first-order valence-corrected chi connectivity index (χ1v) is 6.39. The first kappa shape index (κ1) is 14.3. The molecule has 106 valence electrons. The lowest BCUT2D eigenvalue weighted by atomic mass is 10.1. The number of ether oxygens (including phenoxy) is 1. The second-order valence-electron chi connectivity index (χ2n) is 4.62. The molecule has 0 amide bonds. The monoisotopic (exact) mass is 275 g/mol. The van der Waals surface area contributed by atoms with Crippen molar-refractivity contribution in [3.8, 4) is 5.75 Å². The lowest BCUT2D eigenvalue weighted by Gasteiger charge is -2.23. The van der Waals surface area contributed by atoms with E-state index in [1.165, 1.54) is 6.07 Å². The standard InChI is InChI=1S/C16H18FNO2/c1-18(12-6-5-7-13(10-12)20-2)11-16(19)14-8-3-4-9-15(14)17/h3-10,16,19H,11H2,1-2H3. The minimum atomic E-state index is -0.882. The molecule has 1 N–H and O–H groups in total. The molecule has 2 rings (SSSR count). The Morgan fingerprint density at radius 3 is 2.65 bits per heavy atom. The summed E-state index contributed by atoms with van der Waals surface area (Å²) in [5.74, 6) is 0.355. The maximum absolute atomic E-state index is 13.6. The molecule has 1 atom stereocenters. The number of likely N-dealkylation sites (N-methyl/N-ethyl adjacent to an activating group) is 1. The molecule has 0 aliphatic heterocycles. The van der Waals surface area contributed by atoms with Gasteiger partial charge in [0.2, 0.25) is 0 Å². The molecule has 0 fully saturated rings. The maximum Gasteiger partial charge on any atom is 0.129 e. The molecule has 0 radical (unpaired) electrons. The summed E-state index contributed by atoms with van der Waals surface area (Å²) in [5.41, 5.74) is 1.21. The van der Waals surface area contributed by atoms with E-state index < -0.39 is 6.10 Å². The number of aliphatic hydroxyl groups is 1. The van der Waals surface area contributed by atoms with Gasteiger partial charge in [-0.15, -0.1) is 0 Å². The molecule has 1 unspecified atom stereocenters. The topological polar surface area (TPSA) is 32.7 Å². The van der Waals surface area contributed by atoms with Crippen molar-refractivity contribution in [2.75, 3.05) is 25.6 Å². The summed E-state index contributed by atoms with van der Waals surface area (Å²) in [4.78, 5) is 1.86. The first-order chi connectivity index (χ1) is 9.61. The van der Waals surface area contributed by atoms with Gasteiger partial charge >= 0.3 is 0 Å². The fourth-order valence-electron chi connectivity index (χ4n) is 2.06. The fraction of sp³-hybridized carbons (Fsp3) is 0.250. The third-order valence-electron chi connectivity index (χ3n) is 3.21. The number of aliphatic hydroxyl groups excluding tert-OH is 1. The lowest BCUT2D eigenvalue weighted by Crippen LogP contribution is -2.24. The first-order valence-electron chi connectivity index (χ1n) is 6.39. The van der Waals surface area contributed by atoms with Crippen LogP contribution in [0.3, 0.4) is 0 Å². The SMILES string of the molecule is COc1cccc(N(C)CC(O)c2ccccc2F)c1. The molecule has 0 aliphatic rings. The zero-order chi connectivity index (χ0) is 14.5. The van der Waals surface area contributed by atoms with E-state index in [9.17, 15) is 9.50 Å². The van der Waals surface area contributed by atoms with Crippen molar-refractivity contribution in [2.24, 2.45) is 0 Å². The van der Waals surface area contributed by atoms with E-state index in [2.05, 4.69) is 0 Å². The van der Waals surface area contributed by atoms with Crippen LogP contribution in [0.1, 0.15) is 11.7 Å². The van der Waals surface area contributed by atoms with E-state index in [1.54, 1.807) is 25.3 Å². The zero-order valence-corrected chi connectivity index (χ0v) is 11.6. The van der Waals surface area contributed by atoms with Crippen LogP contribution in [0, 0.1) is 5.82 Å².